The molecule has 0 aliphatic carbocycles. The van der Waals surface area contributed by atoms with Gasteiger partial charge in [0.1, 0.15) is 0 Å². The molecule has 0 rings (SSSR count). The standard InChI is InChI=1S/C19H40OSi/c1-3-4-5-6-7-8-9-10-11-12-13-14-15-16-17-18-19-20-21-2/h3-19H2,1-2H3. The molecule has 0 amide bonds. The molecule has 1 nitrogen and oxygen atoms in total. The van der Waals surface area contributed by atoms with Crippen LogP contribution < -0.4 is 0 Å². The summed E-state index contributed by atoms with van der Waals surface area (Å²) < 4.78 is 5.38. The van der Waals surface area contributed by atoms with E-state index in [4.69, 9.17) is 4.43 Å². The lowest BCUT2D eigenvalue weighted by molar-refractivity contribution is 0.323. The maximum absolute atomic E-state index is 5.38. The zero-order chi connectivity index (χ0) is 15.4. The summed E-state index contributed by atoms with van der Waals surface area (Å²) in [7, 11) is 0.669. The Bertz CT molecular complexity index is 155. The minimum absolute atomic E-state index is 0.669. The van der Waals surface area contributed by atoms with Gasteiger partial charge >= 0.3 is 0 Å². The van der Waals surface area contributed by atoms with Crippen molar-refractivity contribution in [3.05, 3.63) is 0 Å². The highest BCUT2D eigenvalue weighted by atomic mass is 28.2. The highest BCUT2D eigenvalue weighted by Gasteiger charge is 1.94. The largest absolute Gasteiger partial charge is 0.418 e. The molecular formula is C19H40OSi. The Labute approximate surface area is 137 Å². The number of hydrogen-bond acceptors (Lipinski definition) is 1. The molecule has 0 heterocycles. The molecule has 2 radical (unpaired) electrons. The van der Waals surface area contributed by atoms with Crippen molar-refractivity contribution in [3.8, 4) is 0 Å². The van der Waals surface area contributed by atoms with Crippen LogP contribution in [-0.4, -0.2) is 16.4 Å². The predicted octanol–water partition coefficient (Wildman–Crippen LogP) is 6.93. The van der Waals surface area contributed by atoms with Crippen molar-refractivity contribution in [2.24, 2.45) is 0 Å². The first-order chi connectivity index (χ1) is 10.4. The van der Waals surface area contributed by atoms with Crippen LogP contribution in [0, 0.1) is 0 Å². The van der Waals surface area contributed by atoms with Crippen LogP contribution in [0.15, 0.2) is 0 Å². The molecule has 0 aliphatic rings. The molecule has 21 heavy (non-hydrogen) atoms. The van der Waals surface area contributed by atoms with Crippen molar-refractivity contribution >= 4 is 9.76 Å². The Kier molecular flexibility index (Phi) is 20.3. The molecule has 126 valence electrons. The van der Waals surface area contributed by atoms with E-state index in [0.717, 1.165) is 6.61 Å². The van der Waals surface area contributed by atoms with Gasteiger partial charge in [0.25, 0.3) is 0 Å². The molecule has 2 heteroatoms. The molecule has 0 bridgehead atoms. The summed E-state index contributed by atoms with van der Waals surface area (Å²) in [5.41, 5.74) is 0. The summed E-state index contributed by atoms with van der Waals surface area (Å²) in [6, 6.07) is 0. The lowest BCUT2D eigenvalue weighted by Crippen LogP contribution is -1.95. The molecule has 0 saturated heterocycles. The van der Waals surface area contributed by atoms with Crippen molar-refractivity contribution in [2.45, 2.75) is 116 Å². The smallest absolute Gasteiger partial charge is 0.226 e. The number of hydrogen-bond donors (Lipinski definition) is 0. The molecule has 0 aromatic rings. The van der Waals surface area contributed by atoms with E-state index >= 15 is 0 Å². The van der Waals surface area contributed by atoms with Crippen molar-refractivity contribution < 1.29 is 4.43 Å². The van der Waals surface area contributed by atoms with Crippen molar-refractivity contribution in [1.29, 1.82) is 0 Å². The Morgan fingerprint density at radius 2 is 0.857 bits per heavy atom. The SMILES string of the molecule is CCCCCCCCCCCCCCCCCCO[Si]C. The van der Waals surface area contributed by atoms with Crippen LogP contribution in [0.25, 0.3) is 0 Å². The van der Waals surface area contributed by atoms with Crippen LogP contribution in [0.1, 0.15) is 110 Å². The molecule has 0 aromatic heterocycles. The fraction of sp³-hybridized carbons (Fsp3) is 1.00. The van der Waals surface area contributed by atoms with Crippen molar-refractivity contribution in [2.75, 3.05) is 6.61 Å². The predicted molar refractivity (Wildman–Crippen MR) is 97.1 cm³/mol. The van der Waals surface area contributed by atoms with E-state index in [1.807, 2.05) is 0 Å². The lowest BCUT2D eigenvalue weighted by atomic mass is 10.0. The highest BCUT2D eigenvalue weighted by molar-refractivity contribution is 6.24. The summed E-state index contributed by atoms with van der Waals surface area (Å²) in [5, 5.41) is 0. The maximum atomic E-state index is 5.38. The van der Waals surface area contributed by atoms with Crippen LogP contribution in [0.4, 0.5) is 0 Å². The second kappa shape index (κ2) is 20.2. The van der Waals surface area contributed by atoms with Gasteiger partial charge in [-0.15, -0.1) is 0 Å². The number of rotatable bonds is 18. The molecule has 0 atom stereocenters. The highest BCUT2D eigenvalue weighted by Crippen LogP contribution is 2.13. The average Bonchev–Trinajstić information content (AvgIpc) is 2.50. The topological polar surface area (TPSA) is 9.23 Å². The van der Waals surface area contributed by atoms with E-state index in [-0.39, 0.29) is 0 Å². The van der Waals surface area contributed by atoms with Gasteiger partial charge in [-0.3, -0.25) is 0 Å². The average molecular weight is 313 g/mol. The zero-order valence-corrected chi connectivity index (χ0v) is 15.9. The minimum atomic E-state index is 0.669. The van der Waals surface area contributed by atoms with Gasteiger partial charge in [-0.2, -0.15) is 0 Å². The monoisotopic (exact) mass is 312 g/mol. The Morgan fingerprint density at radius 3 is 1.19 bits per heavy atom. The summed E-state index contributed by atoms with van der Waals surface area (Å²) in [4.78, 5) is 0. The van der Waals surface area contributed by atoms with E-state index < -0.39 is 0 Å². The van der Waals surface area contributed by atoms with E-state index in [1.54, 1.807) is 0 Å². The van der Waals surface area contributed by atoms with Gasteiger partial charge in [0.15, 0.2) is 0 Å². The summed E-state index contributed by atoms with van der Waals surface area (Å²) in [5.74, 6) is 0. The molecule has 0 fully saturated rings. The van der Waals surface area contributed by atoms with Gasteiger partial charge < -0.3 is 4.43 Å². The van der Waals surface area contributed by atoms with Gasteiger partial charge in [-0.1, -0.05) is 103 Å². The quantitative estimate of drug-likeness (QED) is 0.197. The van der Waals surface area contributed by atoms with E-state index in [0.29, 0.717) is 9.76 Å². The van der Waals surface area contributed by atoms with Crippen LogP contribution in [0.2, 0.25) is 6.55 Å². The molecule has 0 aliphatic heterocycles. The zero-order valence-electron chi connectivity index (χ0n) is 14.9. The maximum Gasteiger partial charge on any atom is 0.226 e. The molecule has 0 aromatic carbocycles. The lowest BCUT2D eigenvalue weighted by Gasteiger charge is -2.03. The van der Waals surface area contributed by atoms with E-state index in [2.05, 4.69) is 13.5 Å². The van der Waals surface area contributed by atoms with Gasteiger partial charge in [0.2, 0.25) is 9.76 Å². The first kappa shape index (κ1) is 21.2. The van der Waals surface area contributed by atoms with E-state index in [1.165, 1.54) is 103 Å². The van der Waals surface area contributed by atoms with Crippen LogP contribution in [0.3, 0.4) is 0 Å². The Morgan fingerprint density at radius 1 is 0.524 bits per heavy atom. The van der Waals surface area contributed by atoms with Gasteiger partial charge in [-0.05, 0) is 13.0 Å². The minimum Gasteiger partial charge on any atom is -0.418 e. The fourth-order valence-electron chi connectivity index (χ4n) is 2.82. The number of unbranched alkanes of at least 4 members (excludes halogenated alkanes) is 15. The second-order valence-electron chi connectivity index (χ2n) is 6.36. The summed E-state index contributed by atoms with van der Waals surface area (Å²) in [6.45, 7) is 5.38. The van der Waals surface area contributed by atoms with Gasteiger partial charge in [0, 0.05) is 6.61 Å². The van der Waals surface area contributed by atoms with Gasteiger partial charge in [-0.25, -0.2) is 0 Å². The first-order valence-electron chi connectivity index (χ1n) is 9.70. The van der Waals surface area contributed by atoms with Crippen LogP contribution >= 0.6 is 0 Å². The fourth-order valence-corrected chi connectivity index (χ4v) is 3.17. The normalized spacial score (nSPS) is 11.1. The third-order valence-corrected chi connectivity index (χ3v) is 4.74. The van der Waals surface area contributed by atoms with Gasteiger partial charge in [0.05, 0.1) is 0 Å². The molecule has 0 spiro atoms. The van der Waals surface area contributed by atoms with Crippen LogP contribution in [0.5, 0.6) is 0 Å². The first-order valence-corrected chi connectivity index (χ1v) is 11.1. The Hall–Kier alpha value is 0.177. The van der Waals surface area contributed by atoms with Crippen molar-refractivity contribution in [3.63, 3.8) is 0 Å². The molecule has 0 saturated carbocycles. The molecule has 0 unspecified atom stereocenters. The Balaban J connectivity index is 2.90. The summed E-state index contributed by atoms with van der Waals surface area (Å²) in [6.07, 6.45) is 23.0. The van der Waals surface area contributed by atoms with Crippen molar-refractivity contribution in [1.82, 2.24) is 0 Å². The molecular weight excluding hydrogens is 272 g/mol. The van der Waals surface area contributed by atoms with E-state index in [9.17, 15) is 0 Å². The third-order valence-electron chi connectivity index (χ3n) is 4.24. The van der Waals surface area contributed by atoms with Crippen LogP contribution in [-0.2, 0) is 4.43 Å². The third kappa shape index (κ3) is 20.2. The second-order valence-corrected chi connectivity index (χ2v) is 7.05. The summed E-state index contributed by atoms with van der Waals surface area (Å²) >= 11 is 0. The molecule has 0 N–H and O–H groups in total.